The molecule has 2 N–H and O–H groups in total. The minimum atomic E-state index is -0.204. The summed E-state index contributed by atoms with van der Waals surface area (Å²) in [6.45, 7) is 0.646. The fourth-order valence-corrected chi connectivity index (χ4v) is 2.83. The van der Waals surface area contributed by atoms with Gasteiger partial charge in [0, 0.05) is 18.9 Å². The van der Waals surface area contributed by atoms with Crippen LogP contribution in [0.2, 0.25) is 0 Å². The first-order valence-corrected chi connectivity index (χ1v) is 6.88. The molecule has 0 spiro atoms. The fraction of sp³-hybridized carbons (Fsp3) is 0.786. The first-order chi connectivity index (χ1) is 8.25. The van der Waals surface area contributed by atoms with E-state index < -0.39 is 0 Å². The number of allylic oxidation sites excluding steroid dienone is 1. The van der Waals surface area contributed by atoms with Crippen LogP contribution in [-0.2, 0) is 4.79 Å². The van der Waals surface area contributed by atoms with E-state index in [1.165, 1.54) is 18.4 Å². The van der Waals surface area contributed by atoms with Crippen molar-refractivity contribution in [2.24, 2.45) is 5.92 Å². The Balaban J connectivity index is 1.68. The number of amides is 1. The molecule has 17 heavy (non-hydrogen) atoms. The van der Waals surface area contributed by atoms with Gasteiger partial charge < -0.3 is 10.4 Å². The molecule has 0 heterocycles. The van der Waals surface area contributed by atoms with Gasteiger partial charge in [0.1, 0.15) is 0 Å². The van der Waals surface area contributed by atoms with E-state index >= 15 is 0 Å². The summed E-state index contributed by atoms with van der Waals surface area (Å²) in [6.07, 6.45) is 10.3. The van der Waals surface area contributed by atoms with Crippen LogP contribution in [-0.4, -0.2) is 23.7 Å². The van der Waals surface area contributed by atoms with E-state index in [0.29, 0.717) is 13.0 Å². The third-order valence-electron chi connectivity index (χ3n) is 3.95. The highest BCUT2D eigenvalue weighted by atomic mass is 16.3. The molecule has 2 rings (SSSR count). The smallest absolute Gasteiger partial charge is 0.224 e. The van der Waals surface area contributed by atoms with Crippen LogP contribution in [0.1, 0.15) is 51.4 Å². The van der Waals surface area contributed by atoms with Crippen molar-refractivity contribution in [3.8, 4) is 0 Å². The van der Waals surface area contributed by atoms with Crippen LogP contribution in [0.3, 0.4) is 0 Å². The summed E-state index contributed by atoms with van der Waals surface area (Å²) in [4.78, 5) is 11.7. The maximum absolute atomic E-state index is 11.7. The van der Waals surface area contributed by atoms with Crippen LogP contribution in [0.15, 0.2) is 11.6 Å². The Morgan fingerprint density at radius 2 is 2.24 bits per heavy atom. The summed E-state index contributed by atoms with van der Waals surface area (Å²) in [7, 11) is 0. The zero-order valence-electron chi connectivity index (χ0n) is 10.5. The summed E-state index contributed by atoms with van der Waals surface area (Å²) < 4.78 is 0. The second-order valence-corrected chi connectivity index (χ2v) is 5.35. The SMILES string of the molecule is O=C(CC1=CCCCC1)NCC1CCCC1O. The van der Waals surface area contributed by atoms with Gasteiger partial charge in [0.05, 0.1) is 6.10 Å². The average Bonchev–Trinajstić information content (AvgIpc) is 2.74. The van der Waals surface area contributed by atoms with E-state index in [4.69, 9.17) is 0 Å². The summed E-state index contributed by atoms with van der Waals surface area (Å²) in [5.41, 5.74) is 1.29. The fourth-order valence-electron chi connectivity index (χ4n) is 2.83. The lowest BCUT2D eigenvalue weighted by molar-refractivity contribution is -0.120. The van der Waals surface area contributed by atoms with E-state index in [2.05, 4.69) is 11.4 Å². The lowest BCUT2D eigenvalue weighted by Gasteiger charge is -2.16. The molecule has 2 aliphatic rings. The third kappa shape index (κ3) is 3.84. The molecule has 1 amide bonds. The molecular weight excluding hydrogens is 214 g/mol. The highest BCUT2D eigenvalue weighted by Gasteiger charge is 2.25. The standard InChI is InChI=1S/C14H23NO2/c16-13-8-4-7-12(13)10-15-14(17)9-11-5-2-1-3-6-11/h5,12-13,16H,1-4,6-10H2,(H,15,17). The van der Waals surface area contributed by atoms with Gasteiger partial charge in [-0.05, 0) is 38.5 Å². The van der Waals surface area contributed by atoms with Crippen molar-refractivity contribution >= 4 is 5.91 Å². The third-order valence-corrected chi connectivity index (χ3v) is 3.95. The first-order valence-electron chi connectivity index (χ1n) is 6.88. The molecule has 1 saturated carbocycles. The number of aliphatic hydroxyl groups excluding tert-OH is 1. The predicted molar refractivity (Wildman–Crippen MR) is 67.5 cm³/mol. The van der Waals surface area contributed by atoms with Crippen molar-refractivity contribution in [3.05, 3.63) is 11.6 Å². The molecule has 2 atom stereocenters. The van der Waals surface area contributed by atoms with Crippen LogP contribution in [0.25, 0.3) is 0 Å². The Labute approximate surface area is 103 Å². The lowest BCUT2D eigenvalue weighted by atomic mass is 9.97. The average molecular weight is 237 g/mol. The van der Waals surface area contributed by atoms with Gasteiger partial charge in [0.2, 0.25) is 5.91 Å². The number of nitrogens with one attached hydrogen (secondary N) is 1. The highest BCUT2D eigenvalue weighted by molar-refractivity contribution is 5.78. The van der Waals surface area contributed by atoms with Gasteiger partial charge in [0.15, 0.2) is 0 Å². The second-order valence-electron chi connectivity index (χ2n) is 5.35. The van der Waals surface area contributed by atoms with Gasteiger partial charge in [-0.1, -0.05) is 18.1 Å². The highest BCUT2D eigenvalue weighted by Crippen LogP contribution is 2.25. The summed E-state index contributed by atoms with van der Waals surface area (Å²) >= 11 is 0. The lowest BCUT2D eigenvalue weighted by Crippen LogP contribution is -2.32. The second kappa shape index (κ2) is 6.20. The van der Waals surface area contributed by atoms with Crippen molar-refractivity contribution in [1.29, 1.82) is 0 Å². The first kappa shape index (κ1) is 12.6. The number of hydrogen-bond donors (Lipinski definition) is 2. The summed E-state index contributed by atoms with van der Waals surface area (Å²) in [5, 5.41) is 12.6. The predicted octanol–water partition coefficient (Wildman–Crippen LogP) is 2.15. The van der Waals surface area contributed by atoms with Crippen LogP contribution < -0.4 is 5.32 Å². The van der Waals surface area contributed by atoms with Gasteiger partial charge in [0.25, 0.3) is 0 Å². The Morgan fingerprint density at radius 1 is 1.35 bits per heavy atom. The van der Waals surface area contributed by atoms with Crippen molar-refractivity contribution in [2.75, 3.05) is 6.54 Å². The molecule has 0 aliphatic heterocycles. The quantitative estimate of drug-likeness (QED) is 0.736. The van der Waals surface area contributed by atoms with Gasteiger partial charge in [-0.25, -0.2) is 0 Å². The molecule has 2 unspecified atom stereocenters. The molecule has 96 valence electrons. The largest absolute Gasteiger partial charge is 0.393 e. The molecule has 0 radical (unpaired) electrons. The molecular formula is C14H23NO2. The maximum Gasteiger partial charge on any atom is 0.224 e. The Bertz CT molecular complexity index is 299. The molecule has 3 heteroatoms. The summed E-state index contributed by atoms with van der Waals surface area (Å²) in [6, 6.07) is 0. The number of carbonyl (C=O) groups is 1. The number of rotatable bonds is 4. The molecule has 1 fully saturated rings. The monoisotopic (exact) mass is 237 g/mol. The Hall–Kier alpha value is -0.830. The number of carbonyl (C=O) groups excluding carboxylic acids is 1. The van der Waals surface area contributed by atoms with Gasteiger partial charge >= 0.3 is 0 Å². The topological polar surface area (TPSA) is 49.3 Å². The molecule has 0 saturated heterocycles. The van der Waals surface area contributed by atoms with Gasteiger partial charge in [-0.2, -0.15) is 0 Å². The maximum atomic E-state index is 11.7. The molecule has 3 nitrogen and oxygen atoms in total. The van der Waals surface area contributed by atoms with E-state index in [9.17, 15) is 9.90 Å². The van der Waals surface area contributed by atoms with Crippen LogP contribution in [0, 0.1) is 5.92 Å². The van der Waals surface area contributed by atoms with Crippen LogP contribution >= 0.6 is 0 Å². The normalized spacial score (nSPS) is 28.9. The van der Waals surface area contributed by atoms with Crippen molar-refractivity contribution in [1.82, 2.24) is 5.32 Å². The van der Waals surface area contributed by atoms with Crippen molar-refractivity contribution in [3.63, 3.8) is 0 Å². The Kier molecular flexibility index (Phi) is 4.60. The minimum absolute atomic E-state index is 0.122. The van der Waals surface area contributed by atoms with Gasteiger partial charge in [-0.3, -0.25) is 4.79 Å². The number of aliphatic hydroxyl groups is 1. The Morgan fingerprint density at radius 3 is 2.88 bits per heavy atom. The molecule has 2 aliphatic carbocycles. The number of hydrogen-bond acceptors (Lipinski definition) is 2. The summed E-state index contributed by atoms with van der Waals surface area (Å²) in [5.74, 6) is 0.400. The van der Waals surface area contributed by atoms with E-state index in [1.807, 2.05) is 0 Å². The minimum Gasteiger partial charge on any atom is -0.393 e. The molecule has 0 bridgehead atoms. The zero-order chi connectivity index (χ0) is 12.1. The van der Waals surface area contributed by atoms with E-state index in [1.54, 1.807) is 0 Å². The van der Waals surface area contributed by atoms with Crippen LogP contribution in [0.5, 0.6) is 0 Å². The molecule has 0 aromatic rings. The van der Waals surface area contributed by atoms with Crippen molar-refractivity contribution < 1.29 is 9.90 Å². The molecule has 0 aromatic carbocycles. The van der Waals surface area contributed by atoms with Crippen molar-refractivity contribution in [2.45, 2.75) is 57.5 Å². The van der Waals surface area contributed by atoms with Crippen LogP contribution in [0.4, 0.5) is 0 Å². The van der Waals surface area contributed by atoms with E-state index in [0.717, 1.165) is 32.1 Å². The molecule has 0 aromatic heterocycles. The van der Waals surface area contributed by atoms with E-state index in [-0.39, 0.29) is 17.9 Å². The van der Waals surface area contributed by atoms with Gasteiger partial charge in [-0.15, -0.1) is 0 Å². The zero-order valence-corrected chi connectivity index (χ0v) is 10.5.